The minimum absolute atomic E-state index is 0.0493. The van der Waals surface area contributed by atoms with Gasteiger partial charge in [0.2, 0.25) is 0 Å². The normalized spacial score (nSPS) is 25.4. The number of carbonyl (C=O) groups excluding carboxylic acids is 3. The van der Waals surface area contributed by atoms with E-state index in [1.165, 1.54) is 25.1 Å². The predicted octanol–water partition coefficient (Wildman–Crippen LogP) is 2.86. The second-order valence-electron chi connectivity index (χ2n) is 7.24. The standard InChI is InChI=1S/C19H22N2O6/c1-11(18(23)20-15-7-2-3-8-16(15)21(25)26)27-19(24)14-9-12-5-4-6-13(10-14)17(12)22/h2-3,7-8,11-14H,4-6,9-10H2,1H3,(H,20,23)/t11-,12-,13+,14?/m0/s1. The van der Waals surface area contributed by atoms with Crippen LogP contribution in [0.15, 0.2) is 24.3 Å². The summed E-state index contributed by atoms with van der Waals surface area (Å²) in [6.45, 7) is 1.43. The highest BCUT2D eigenvalue weighted by Crippen LogP contribution is 2.40. The van der Waals surface area contributed by atoms with E-state index in [0.717, 1.165) is 19.3 Å². The van der Waals surface area contributed by atoms with Gasteiger partial charge in [0.1, 0.15) is 11.5 Å². The highest BCUT2D eigenvalue weighted by molar-refractivity contribution is 5.97. The molecule has 8 heteroatoms. The van der Waals surface area contributed by atoms with Crippen LogP contribution in [0.1, 0.15) is 39.0 Å². The molecule has 2 aliphatic carbocycles. The van der Waals surface area contributed by atoms with Crippen LogP contribution in [0.25, 0.3) is 0 Å². The third-order valence-electron chi connectivity index (χ3n) is 5.40. The first-order valence-electron chi connectivity index (χ1n) is 9.15. The molecule has 2 fully saturated rings. The SMILES string of the molecule is C[C@H](OC(=O)C1C[C@H]2CCC[C@@H](C1)C2=O)C(=O)Nc1ccccc1[N+](=O)[O-]. The Morgan fingerprint density at radius 1 is 1.22 bits per heavy atom. The number of esters is 1. The molecule has 1 unspecified atom stereocenters. The van der Waals surface area contributed by atoms with Crippen molar-refractivity contribution in [2.45, 2.75) is 45.1 Å². The molecule has 0 saturated heterocycles. The van der Waals surface area contributed by atoms with E-state index in [1.807, 2.05) is 0 Å². The van der Waals surface area contributed by atoms with Gasteiger partial charge in [-0.15, -0.1) is 0 Å². The lowest BCUT2D eigenvalue weighted by atomic mass is 9.67. The minimum atomic E-state index is -1.09. The number of rotatable bonds is 5. The van der Waals surface area contributed by atoms with E-state index >= 15 is 0 Å². The molecule has 8 nitrogen and oxygen atoms in total. The number of fused-ring (bicyclic) bond motifs is 2. The number of nitrogens with one attached hydrogen (secondary N) is 1. The van der Waals surface area contributed by atoms with Gasteiger partial charge in [0.25, 0.3) is 11.6 Å². The Morgan fingerprint density at radius 3 is 2.48 bits per heavy atom. The first kappa shape index (κ1) is 19.0. The Hall–Kier alpha value is -2.77. The topological polar surface area (TPSA) is 116 Å². The maximum Gasteiger partial charge on any atom is 0.309 e. The summed E-state index contributed by atoms with van der Waals surface area (Å²) in [5.74, 6) is -1.39. The number of nitro groups is 1. The number of nitro benzene ring substituents is 1. The molecule has 2 bridgehead atoms. The molecule has 0 heterocycles. The lowest BCUT2D eigenvalue weighted by Gasteiger charge is -2.36. The highest BCUT2D eigenvalue weighted by atomic mass is 16.6. The molecule has 2 saturated carbocycles. The second-order valence-corrected chi connectivity index (χ2v) is 7.24. The maximum absolute atomic E-state index is 12.5. The molecular formula is C19H22N2O6. The Morgan fingerprint density at radius 2 is 1.85 bits per heavy atom. The van der Waals surface area contributed by atoms with Gasteiger partial charge in [0.15, 0.2) is 6.10 Å². The summed E-state index contributed by atoms with van der Waals surface area (Å²) in [6.07, 6.45) is 2.51. The summed E-state index contributed by atoms with van der Waals surface area (Å²) in [5.41, 5.74) is -0.184. The molecular weight excluding hydrogens is 352 g/mol. The molecule has 144 valence electrons. The van der Waals surface area contributed by atoms with Crippen LogP contribution < -0.4 is 5.32 Å². The van der Waals surface area contributed by atoms with Crippen LogP contribution in [0.2, 0.25) is 0 Å². The average Bonchev–Trinajstić information content (AvgIpc) is 2.61. The van der Waals surface area contributed by atoms with Crippen molar-refractivity contribution in [2.75, 3.05) is 5.32 Å². The lowest BCUT2D eigenvalue weighted by Crippen LogP contribution is -2.41. The molecule has 1 amide bonds. The van der Waals surface area contributed by atoms with Crippen molar-refractivity contribution in [3.63, 3.8) is 0 Å². The first-order valence-corrected chi connectivity index (χ1v) is 9.15. The minimum Gasteiger partial charge on any atom is -0.452 e. The zero-order valence-electron chi connectivity index (χ0n) is 15.1. The molecule has 0 aromatic heterocycles. The molecule has 1 N–H and O–H groups in total. The average molecular weight is 374 g/mol. The fourth-order valence-electron chi connectivity index (χ4n) is 3.97. The van der Waals surface area contributed by atoms with Gasteiger partial charge in [0.05, 0.1) is 10.8 Å². The molecule has 0 aliphatic heterocycles. The zero-order valence-corrected chi connectivity index (χ0v) is 15.1. The van der Waals surface area contributed by atoms with Crippen molar-refractivity contribution in [1.29, 1.82) is 0 Å². The Kier molecular flexibility index (Phi) is 5.53. The Balaban J connectivity index is 1.59. The van der Waals surface area contributed by atoms with E-state index in [4.69, 9.17) is 4.74 Å². The highest BCUT2D eigenvalue weighted by Gasteiger charge is 2.42. The molecule has 3 rings (SSSR count). The fourth-order valence-corrected chi connectivity index (χ4v) is 3.97. The Bertz CT molecular complexity index is 761. The van der Waals surface area contributed by atoms with Gasteiger partial charge >= 0.3 is 5.97 Å². The summed E-state index contributed by atoms with van der Waals surface area (Å²) in [4.78, 5) is 47.3. The van der Waals surface area contributed by atoms with Crippen LogP contribution in [0, 0.1) is 27.9 Å². The molecule has 0 spiro atoms. The van der Waals surface area contributed by atoms with Crippen molar-refractivity contribution in [3.8, 4) is 0 Å². The first-order chi connectivity index (χ1) is 12.9. The molecule has 2 aliphatic rings. The zero-order chi connectivity index (χ0) is 19.6. The summed E-state index contributed by atoms with van der Waals surface area (Å²) in [6, 6.07) is 5.76. The summed E-state index contributed by atoms with van der Waals surface area (Å²) in [5, 5.41) is 13.5. The van der Waals surface area contributed by atoms with E-state index < -0.39 is 22.9 Å². The number of hydrogen-bond donors (Lipinski definition) is 1. The van der Waals surface area contributed by atoms with Crippen molar-refractivity contribution < 1.29 is 24.0 Å². The van der Waals surface area contributed by atoms with Gasteiger partial charge < -0.3 is 10.1 Å². The predicted molar refractivity (Wildman–Crippen MR) is 95.8 cm³/mol. The molecule has 1 aromatic carbocycles. The smallest absolute Gasteiger partial charge is 0.309 e. The van der Waals surface area contributed by atoms with Crippen LogP contribution in [0.5, 0.6) is 0 Å². The molecule has 1 aromatic rings. The van der Waals surface area contributed by atoms with Gasteiger partial charge in [-0.1, -0.05) is 18.6 Å². The van der Waals surface area contributed by atoms with Crippen LogP contribution >= 0.6 is 0 Å². The molecule has 0 radical (unpaired) electrons. The maximum atomic E-state index is 12.5. The molecule has 27 heavy (non-hydrogen) atoms. The van der Waals surface area contributed by atoms with Crippen LogP contribution in [0.3, 0.4) is 0 Å². The Labute approximate surface area is 156 Å². The van der Waals surface area contributed by atoms with Crippen LogP contribution in [-0.4, -0.2) is 28.7 Å². The lowest BCUT2D eigenvalue weighted by molar-refractivity contribution is -0.383. The number of para-hydroxylation sites is 2. The number of ether oxygens (including phenoxy) is 1. The summed E-state index contributed by atoms with van der Waals surface area (Å²) >= 11 is 0. The van der Waals surface area contributed by atoms with Crippen molar-refractivity contribution in [2.24, 2.45) is 17.8 Å². The van der Waals surface area contributed by atoms with Crippen molar-refractivity contribution >= 4 is 29.0 Å². The van der Waals surface area contributed by atoms with Gasteiger partial charge in [-0.05, 0) is 38.7 Å². The number of amides is 1. The van der Waals surface area contributed by atoms with Gasteiger partial charge in [-0.25, -0.2) is 0 Å². The van der Waals surface area contributed by atoms with Crippen LogP contribution in [-0.2, 0) is 19.1 Å². The number of nitrogens with zero attached hydrogens (tertiary/aromatic N) is 1. The van der Waals surface area contributed by atoms with E-state index in [-0.39, 0.29) is 34.9 Å². The third kappa shape index (κ3) is 4.15. The van der Waals surface area contributed by atoms with Gasteiger partial charge in [-0.3, -0.25) is 24.5 Å². The van der Waals surface area contributed by atoms with Crippen molar-refractivity contribution in [3.05, 3.63) is 34.4 Å². The largest absolute Gasteiger partial charge is 0.452 e. The third-order valence-corrected chi connectivity index (χ3v) is 5.40. The van der Waals surface area contributed by atoms with E-state index in [1.54, 1.807) is 6.07 Å². The van der Waals surface area contributed by atoms with E-state index in [9.17, 15) is 24.5 Å². The number of carbonyl (C=O) groups is 3. The number of hydrogen-bond acceptors (Lipinski definition) is 6. The number of benzene rings is 1. The molecule has 4 atom stereocenters. The quantitative estimate of drug-likeness (QED) is 0.481. The van der Waals surface area contributed by atoms with E-state index in [2.05, 4.69) is 5.32 Å². The van der Waals surface area contributed by atoms with Crippen molar-refractivity contribution in [1.82, 2.24) is 0 Å². The monoisotopic (exact) mass is 374 g/mol. The van der Waals surface area contributed by atoms with Crippen LogP contribution in [0.4, 0.5) is 11.4 Å². The van der Waals surface area contributed by atoms with Gasteiger partial charge in [0, 0.05) is 17.9 Å². The van der Waals surface area contributed by atoms with E-state index in [0.29, 0.717) is 12.8 Å². The number of anilines is 1. The number of ketones is 1. The summed E-state index contributed by atoms with van der Waals surface area (Å²) < 4.78 is 5.29. The summed E-state index contributed by atoms with van der Waals surface area (Å²) in [7, 11) is 0. The van der Waals surface area contributed by atoms with Gasteiger partial charge in [-0.2, -0.15) is 0 Å². The second kappa shape index (κ2) is 7.85. The fraction of sp³-hybridized carbons (Fsp3) is 0.526. The number of Topliss-reactive ketones (excluding diaryl/α,β-unsaturated/α-hetero) is 1.